The topological polar surface area (TPSA) is 75.9 Å². The number of rotatable bonds is 3. The Morgan fingerprint density at radius 2 is 1.84 bits per heavy atom. The predicted molar refractivity (Wildman–Crippen MR) is 64.2 cm³/mol. The highest BCUT2D eigenvalue weighted by Gasteiger charge is 2.12. The molecule has 0 saturated heterocycles. The van der Waals surface area contributed by atoms with Crippen LogP contribution in [-0.4, -0.2) is 9.97 Å². The van der Waals surface area contributed by atoms with Crippen molar-refractivity contribution < 1.29 is 13.2 Å². The molecule has 1 aromatic carbocycles. The van der Waals surface area contributed by atoms with Crippen molar-refractivity contribution in [3.05, 3.63) is 41.3 Å². The van der Waals surface area contributed by atoms with E-state index in [-0.39, 0.29) is 23.0 Å². The predicted octanol–water partition coefficient (Wildman–Crippen LogP) is 2.23. The van der Waals surface area contributed by atoms with Gasteiger partial charge in [0.05, 0.1) is 11.9 Å². The first-order valence-electron chi connectivity index (χ1n) is 5.23. The van der Waals surface area contributed by atoms with Crippen molar-refractivity contribution in [3.63, 3.8) is 0 Å². The molecule has 8 heteroatoms. The van der Waals surface area contributed by atoms with E-state index in [1.54, 1.807) is 0 Å². The second-order valence-corrected chi connectivity index (χ2v) is 3.74. The van der Waals surface area contributed by atoms with Crippen LogP contribution in [0.4, 0.5) is 30.6 Å². The maximum Gasteiger partial charge on any atom is 0.239 e. The highest BCUT2D eigenvalue weighted by Crippen LogP contribution is 2.23. The van der Waals surface area contributed by atoms with Gasteiger partial charge in [-0.25, -0.2) is 24.0 Å². The number of nitrogens with zero attached hydrogens (tertiary/aromatic N) is 2. The zero-order valence-electron chi connectivity index (χ0n) is 9.84. The van der Waals surface area contributed by atoms with E-state index in [2.05, 4.69) is 20.7 Å². The highest BCUT2D eigenvalue weighted by atomic mass is 19.1. The van der Waals surface area contributed by atoms with Crippen molar-refractivity contribution in [2.24, 2.45) is 5.84 Å². The number of halogens is 3. The molecule has 2 aromatic rings. The zero-order valence-corrected chi connectivity index (χ0v) is 9.84. The number of nitrogens with one attached hydrogen (secondary N) is 2. The molecule has 0 atom stereocenters. The first kappa shape index (κ1) is 13.1. The molecule has 0 aliphatic carbocycles. The normalized spacial score (nSPS) is 10.4. The fourth-order valence-corrected chi connectivity index (χ4v) is 1.39. The van der Waals surface area contributed by atoms with E-state index in [4.69, 9.17) is 5.84 Å². The van der Waals surface area contributed by atoms with Crippen LogP contribution in [0.15, 0.2) is 18.3 Å². The summed E-state index contributed by atoms with van der Waals surface area (Å²) < 4.78 is 40.4. The van der Waals surface area contributed by atoms with Crippen molar-refractivity contribution in [1.29, 1.82) is 0 Å². The molecular formula is C11H10F3N5. The third kappa shape index (κ3) is 2.74. The van der Waals surface area contributed by atoms with E-state index in [1.807, 2.05) is 0 Å². The van der Waals surface area contributed by atoms with Crippen molar-refractivity contribution in [2.45, 2.75) is 6.92 Å². The number of aryl methyl sites for hydroxylation is 1. The van der Waals surface area contributed by atoms with Crippen LogP contribution in [0.1, 0.15) is 5.56 Å². The average Bonchev–Trinajstić information content (AvgIpc) is 2.38. The van der Waals surface area contributed by atoms with Gasteiger partial charge in [-0.05, 0) is 18.6 Å². The third-order valence-electron chi connectivity index (χ3n) is 2.37. The molecule has 0 spiro atoms. The van der Waals surface area contributed by atoms with E-state index in [9.17, 15) is 13.2 Å². The molecule has 5 nitrogen and oxygen atoms in total. The average molecular weight is 269 g/mol. The van der Waals surface area contributed by atoms with Gasteiger partial charge in [0.2, 0.25) is 5.95 Å². The van der Waals surface area contributed by atoms with Crippen LogP contribution in [-0.2, 0) is 0 Å². The van der Waals surface area contributed by atoms with E-state index in [0.29, 0.717) is 0 Å². The molecule has 0 radical (unpaired) electrons. The van der Waals surface area contributed by atoms with Gasteiger partial charge in [-0.15, -0.1) is 0 Å². The SMILES string of the molecule is Cc1cc(F)c(Nc2nc(NN)ncc2F)cc1F. The maximum atomic E-state index is 13.6. The van der Waals surface area contributed by atoms with Crippen LogP contribution in [0, 0.1) is 24.4 Å². The Morgan fingerprint density at radius 1 is 1.11 bits per heavy atom. The molecule has 0 unspecified atom stereocenters. The summed E-state index contributed by atoms with van der Waals surface area (Å²) in [5, 5.41) is 2.35. The van der Waals surface area contributed by atoms with Crippen LogP contribution < -0.4 is 16.6 Å². The van der Waals surface area contributed by atoms with E-state index < -0.39 is 17.5 Å². The second-order valence-electron chi connectivity index (χ2n) is 3.74. The first-order valence-corrected chi connectivity index (χ1v) is 5.23. The highest BCUT2D eigenvalue weighted by molar-refractivity contribution is 5.58. The molecule has 0 aliphatic rings. The number of hydrazine groups is 1. The molecule has 1 aromatic heterocycles. The van der Waals surface area contributed by atoms with Gasteiger partial charge in [-0.3, -0.25) is 5.43 Å². The van der Waals surface area contributed by atoms with Crippen LogP contribution in [0.5, 0.6) is 0 Å². The van der Waals surface area contributed by atoms with Gasteiger partial charge in [0, 0.05) is 6.07 Å². The Morgan fingerprint density at radius 3 is 2.53 bits per heavy atom. The Balaban J connectivity index is 2.38. The quantitative estimate of drug-likeness (QED) is 0.588. The van der Waals surface area contributed by atoms with Gasteiger partial charge in [-0.1, -0.05) is 0 Å². The summed E-state index contributed by atoms with van der Waals surface area (Å²) in [6.07, 6.45) is 0.854. The molecule has 4 N–H and O–H groups in total. The standard InChI is InChI=1S/C11H10F3N5/c1-5-2-7(13)9(3-6(5)12)17-10-8(14)4-16-11(18-10)19-15/h2-4H,15H2,1H3,(H2,16,17,18,19). The number of nitrogen functional groups attached to an aromatic ring is 1. The van der Waals surface area contributed by atoms with Crippen LogP contribution >= 0.6 is 0 Å². The molecule has 0 amide bonds. The number of nitrogens with two attached hydrogens (primary N) is 1. The molecule has 19 heavy (non-hydrogen) atoms. The van der Waals surface area contributed by atoms with Gasteiger partial charge < -0.3 is 5.32 Å². The van der Waals surface area contributed by atoms with E-state index in [1.165, 1.54) is 6.92 Å². The summed E-state index contributed by atoms with van der Waals surface area (Å²) >= 11 is 0. The van der Waals surface area contributed by atoms with Crippen LogP contribution in [0.2, 0.25) is 0 Å². The maximum absolute atomic E-state index is 13.6. The molecule has 0 bridgehead atoms. The minimum atomic E-state index is -0.820. The minimum Gasteiger partial charge on any atom is -0.335 e. The Bertz CT molecular complexity index is 618. The number of hydrogen-bond acceptors (Lipinski definition) is 5. The Kier molecular flexibility index (Phi) is 3.52. The Labute approximate surface area is 106 Å². The number of benzene rings is 1. The van der Waals surface area contributed by atoms with Gasteiger partial charge in [0.15, 0.2) is 11.6 Å². The second kappa shape index (κ2) is 5.11. The minimum absolute atomic E-state index is 0.0584. The summed E-state index contributed by atoms with van der Waals surface area (Å²) in [7, 11) is 0. The number of anilines is 3. The van der Waals surface area contributed by atoms with Crippen molar-refractivity contribution >= 4 is 17.5 Å². The lowest BCUT2D eigenvalue weighted by molar-refractivity contribution is 0.594. The number of hydrogen-bond donors (Lipinski definition) is 3. The third-order valence-corrected chi connectivity index (χ3v) is 2.37. The molecule has 0 saturated carbocycles. The molecule has 1 heterocycles. The zero-order chi connectivity index (χ0) is 14.0. The molecule has 0 aliphatic heterocycles. The summed E-state index contributed by atoms with van der Waals surface area (Å²) in [6, 6.07) is 1.92. The van der Waals surface area contributed by atoms with E-state index >= 15 is 0 Å². The summed E-state index contributed by atoms with van der Waals surface area (Å²) in [5.41, 5.74) is 2.03. The van der Waals surface area contributed by atoms with Crippen molar-refractivity contribution in [3.8, 4) is 0 Å². The Hall–Kier alpha value is -2.35. The monoisotopic (exact) mass is 269 g/mol. The largest absolute Gasteiger partial charge is 0.335 e. The summed E-state index contributed by atoms with van der Waals surface area (Å²) in [5.74, 6) is 2.55. The van der Waals surface area contributed by atoms with Crippen LogP contribution in [0.25, 0.3) is 0 Å². The number of aromatic nitrogens is 2. The molecule has 2 rings (SSSR count). The fourth-order valence-electron chi connectivity index (χ4n) is 1.39. The van der Waals surface area contributed by atoms with Gasteiger partial charge in [0.1, 0.15) is 11.6 Å². The molecule has 0 fully saturated rings. The first-order chi connectivity index (χ1) is 9.01. The molecular weight excluding hydrogens is 259 g/mol. The van der Waals surface area contributed by atoms with Crippen molar-refractivity contribution in [1.82, 2.24) is 9.97 Å². The van der Waals surface area contributed by atoms with Gasteiger partial charge >= 0.3 is 0 Å². The smallest absolute Gasteiger partial charge is 0.239 e. The van der Waals surface area contributed by atoms with Gasteiger partial charge in [-0.2, -0.15) is 4.98 Å². The summed E-state index contributed by atoms with van der Waals surface area (Å²) in [4.78, 5) is 7.18. The fraction of sp³-hybridized carbons (Fsp3) is 0.0909. The van der Waals surface area contributed by atoms with E-state index in [0.717, 1.165) is 18.3 Å². The van der Waals surface area contributed by atoms with Gasteiger partial charge in [0.25, 0.3) is 0 Å². The lowest BCUT2D eigenvalue weighted by Gasteiger charge is -2.09. The van der Waals surface area contributed by atoms with Crippen molar-refractivity contribution in [2.75, 3.05) is 10.7 Å². The molecule has 100 valence electrons. The lowest BCUT2D eigenvalue weighted by atomic mass is 10.2. The lowest BCUT2D eigenvalue weighted by Crippen LogP contribution is -2.12. The summed E-state index contributed by atoms with van der Waals surface area (Å²) in [6.45, 7) is 1.42. The van der Waals surface area contributed by atoms with Crippen LogP contribution in [0.3, 0.4) is 0 Å².